The number of furan rings is 1. The highest BCUT2D eigenvalue weighted by atomic mass is 35.5. The van der Waals surface area contributed by atoms with E-state index in [0.29, 0.717) is 33.5 Å². The summed E-state index contributed by atoms with van der Waals surface area (Å²) < 4.78 is 24.8. The van der Waals surface area contributed by atoms with E-state index in [1.54, 1.807) is 54.6 Å². The number of halogens is 1. The summed E-state index contributed by atoms with van der Waals surface area (Å²) in [7, 11) is 1.48. The molecule has 2 N–H and O–H groups in total. The van der Waals surface area contributed by atoms with Gasteiger partial charge in [0, 0.05) is 33.3 Å². The molecule has 45 heavy (non-hydrogen) atoms. The molecule has 0 unspecified atom stereocenters. The molecule has 0 radical (unpaired) electrons. The van der Waals surface area contributed by atoms with Crippen LogP contribution in [0, 0.1) is 13.8 Å². The van der Waals surface area contributed by atoms with Gasteiger partial charge >= 0.3 is 5.91 Å². The van der Waals surface area contributed by atoms with Gasteiger partial charge in [-0.2, -0.15) is 5.10 Å². The number of rotatable bonds is 12. The van der Waals surface area contributed by atoms with Gasteiger partial charge < -0.3 is 28.5 Å². The zero-order chi connectivity index (χ0) is 31.8. The van der Waals surface area contributed by atoms with Gasteiger partial charge in [-0.25, -0.2) is 5.43 Å². The maximum Gasteiger partial charge on any atom is 0.307 e. The number of aryl methyl sites for hydroxylation is 2. The summed E-state index contributed by atoms with van der Waals surface area (Å²) in [5.41, 5.74) is 6.85. The Balaban J connectivity index is 1.15. The third-order valence-corrected chi connectivity index (χ3v) is 6.96. The Bertz CT molecular complexity index is 1790. The highest BCUT2D eigenvalue weighted by Gasteiger charge is 2.14. The molecule has 0 aliphatic heterocycles. The predicted octanol–water partition coefficient (Wildman–Crippen LogP) is 6.71. The first-order chi connectivity index (χ1) is 21.8. The summed E-state index contributed by atoms with van der Waals surface area (Å²) in [4.78, 5) is 25.1. The number of amides is 2. The highest BCUT2D eigenvalue weighted by Crippen LogP contribution is 2.30. The zero-order valence-electron chi connectivity index (χ0n) is 24.9. The van der Waals surface area contributed by atoms with Crippen molar-refractivity contribution in [3.63, 3.8) is 0 Å². The SMILES string of the molecule is COc1cccc(C=NNC(=O)c2ccc(COc3ccc(-n4c(C)ccc4C)cc3)o2)c1OCC(=O)Nc1ccc(Cl)cc1. The molecule has 5 rings (SSSR count). The number of carbonyl (C=O) groups excluding carboxylic acids is 2. The Labute approximate surface area is 265 Å². The number of nitrogens with zero attached hydrogens (tertiary/aromatic N) is 2. The van der Waals surface area contributed by atoms with Crippen LogP contribution in [0.1, 0.15) is 33.3 Å². The van der Waals surface area contributed by atoms with Gasteiger partial charge in [-0.05, 0) is 98.8 Å². The van der Waals surface area contributed by atoms with Gasteiger partial charge in [-0.3, -0.25) is 9.59 Å². The molecule has 0 bridgehead atoms. The normalized spacial score (nSPS) is 10.9. The molecule has 5 aromatic rings. The van der Waals surface area contributed by atoms with Crippen molar-refractivity contribution in [1.82, 2.24) is 9.99 Å². The average Bonchev–Trinajstić information content (AvgIpc) is 3.66. The number of methoxy groups -OCH3 is 1. The Kier molecular flexibility index (Phi) is 9.86. The van der Waals surface area contributed by atoms with Gasteiger partial charge in [0.2, 0.25) is 0 Å². The number of hydrazone groups is 1. The fraction of sp³-hybridized carbons (Fsp3) is 0.147. The first kappa shape index (κ1) is 31.0. The molecule has 11 heteroatoms. The molecule has 0 aliphatic rings. The first-order valence-corrected chi connectivity index (χ1v) is 14.3. The van der Waals surface area contributed by atoms with Gasteiger partial charge in [-0.15, -0.1) is 0 Å². The Morgan fingerprint density at radius 3 is 2.36 bits per heavy atom. The molecule has 2 heterocycles. The lowest BCUT2D eigenvalue weighted by molar-refractivity contribution is -0.118. The Morgan fingerprint density at radius 2 is 1.64 bits per heavy atom. The predicted molar refractivity (Wildman–Crippen MR) is 172 cm³/mol. The van der Waals surface area contributed by atoms with Crippen LogP contribution in [0.15, 0.2) is 101 Å². The fourth-order valence-corrected chi connectivity index (χ4v) is 4.66. The van der Waals surface area contributed by atoms with Crippen molar-refractivity contribution in [3.8, 4) is 22.9 Å². The summed E-state index contributed by atoms with van der Waals surface area (Å²) in [6.45, 7) is 3.98. The number of hydrogen-bond donors (Lipinski definition) is 2. The van der Waals surface area contributed by atoms with Gasteiger partial charge in [0.15, 0.2) is 23.9 Å². The molecule has 230 valence electrons. The third kappa shape index (κ3) is 7.92. The van der Waals surface area contributed by atoms with E-state index in [-0.39, 0.29) is 30.6 Å². The number of benzene rings is 3. The quantitative estimate of drug-likeness (QED) is 0.117. The van der Waals surface area contributed by atoms with Crippen molar-refractivity contribution in [3.05, 3.63) is 124 Å². The molecule has 0 saturated heterocycles. The topological polar surface area (TPSA) is 116 Å². The minimum atomic E-state index is -0.549. The fourth-order valence-electron chi connectivity index (χ4n) is 4.53. The van der Waals surface area contributed by atoms with Gasteiger partial charge in [0.25, 0.3) is 5.91 Å². The van der Waals surface area contributed by atoms with Crippen LogP contribution in [0.25, 0.3) is 5.69 Å². The second-order valence-electron chi connectivity index (χ2n) is 9.92. The zero-order valence-corrected chi connectivity index (χ0v) is 25.6. The van der Waals surface area contributed by atoms with Crippen LogP contribution in [0.5, 0.6) is 17.2 Å². The summed E-state index contributed by atoms with van der Waals surface area (Å²) in [5.74, 6) is 0.972. The first-order valence-electron chi connectivity index (χ1n) is 14.0. The molecule has 0 fully saturated rings. The molecule has 3 aromatic carbocycles. The summed E-state index contributed by atoms with van der Waals surface area (Å²) in [6, 6.07) is 27.0. The van der Waals surface area contributed by atoms with Gasteiger partial charge in [0.1, 0.15) is 18.1 Å². The summed E-state index contributed by atoms with van der Waals surface area (Å²) in [6.07, 6.45) is 1.39. The van der Waals surface area contributed by atoms with Crippen molar-refractivity contribution in [2.75, 3.05) is 19.0 Å². The number of hydrogen-bond acceptors (Lipinski definition) is 7. The molecular weight excluding hydrogens is 596 g/mol. The van der Waals surface area contributed by atoms with E-state index in [1.165, 1.54) is 13.3 Å². The number of aromatic nitrogens is 1. The van der Waals surface area contributed by atoms with E-state index in [4.69, 9.17) is 30.2 Å². The van der Waals surface area contributed by atoms with Crippen LogP contribution in [0.3, 0.4) is 0 Å². The second-order valence-corrected chi connectivity index (χ2v) is 10.4. The second kappa shape index (κ2) is 14.3. The molecule has 0 saturated carbocycles. The van der Waals surface area contributed by atoms with E-state index < -0.39 is 5.91 Å². The molecular formula is C34H31ClN4O6. The van der Waals surface area contributed by atoms with Crippen molar-refractivity contribution in [1.29, 1.82) is 0 Å². The van der Waals surface area contributed by atoms with Crippen LogP contribution in [0.4, 0.5) is 5.69 Å². The van der Waals surface area contributed by atoms with Gasteiger partial charge in [0.05, 0.1) is 13.3 Å². The lowest BCUT2D eigenvalue weighted by Gasteiger charge is -2.13. The van der Waals surface area contributed by atoms with Crippen molar-refractivity contribution >= 4 is 35.3 Å². The van der Waals surface area contributed by atoms with E-state index in [2.05, 4.69) is 46.4 Å². The third-order valence-electron chi connectivity index (χ3n) is 6.71. The number of anilines is 1. The molecule has 0 atom stereocenters. The van der Waals surface area contributed by atoms with Crippen LogP contribution >= 0.6 is 11.6 Å². The lowest BCUT2D eigenvalue weighted by atomic mass is 10.2. The smallest absolute Gasteiger partial charge is 0.307 e. The van der Waals surface area contributed by atoms with Crippen molar-refractivity contribution in [2.45, 2.75) is 20.5 Å². The molecule has 2 aromatic heterocycles. The van der Waals surface area contributed by atoms with Gasteiger partial charge in [-0.1, -0.05) is 17.7 Å². The van der Waals surface area contributed by atoms with Crippen LogP contribution in [0.2, 0.25) is 5.02 Å². The lowest BCUT2D eigenvalue weighted by Crippen LogP contribution is -2.21. The van der Waals surface area contributed by atoms with E-state index in [9.17, 15) is 9.59 Å². The van der Waals surface area contributed by atoms with Crippen LogP contribution in [-0.4, -0.2) is 36.3 Å². The van der Waals surface area contributed by atoms with Crippen molar-refractivity contribution in [2.24, 2.45) is 5.10 Å². The minimum Gasteiger partial charge on any atom is -0.493 e. The minimum absolute atomic E-state index is 0.0700. The average molecular weight is 627 g/mol. The number of para-hydroxylation sites is 1. The maximum absolute atomic E-state index is 12.7. The maximum atomic E-state index is 12.7. The van der Waals surface area contributed by atoms with Crippen LogP contribution < -0.4 is 25.0 Å². The van der Waals surface area contributed by atoms with Crippen LogP contribution in [-0.2, 0) is 11.4 Å². The Hall–Kier alpha value is -5.48. The van der Waals surface area contributed by atoms with Crippen molar-refractivity contribution < 1.29 is 28.2 Å². The van der Waals surface area contributed by atoms with E-state index in [1.807, 2.05) is 24.3 Å². The summed E-state index contributed by atoms with van der Waals surface area (Å²) in [5, 5.41) is 7.33. The standard InChI is InChI=1S/C34H31ClN4O6/c1-22-7-8-23(2)39(22)27-13-15-28(16-14-27)43-20-29-17-18-31(45-29)34(41)38-36-19-24-5-4-6-30(42-3)33(24)44-21-32(40)37-26-11-9-25(35)10-12-26/h4-19H,20-21H2,1-3H3,(H,37,40)(H,38,41). The number of ether oxygens (including phenoxy) is 3. The summed E-state index contributed by atoms with van der Waals surface area (Å²) >= 11 is 5.89. The molecule has 0 aliphatic carbocycles. The largest absolute Gasteiger partial charge is 0.493 e. The number of carbonyl (C=O) groups is 2. The highest BCUT2D eigenvalue weighted by molar-refractivity contribution is 6.30. The van der Waals surface area contributed by atoms with E-state index >= 15 is 0 Å². The van der Waals surface area contributed by atoms with E-state index in [0.717, 1.165) is 17.1 Å². The molecule has 10 nitrogen and oxygen atoms in total. The number of nitrogens with one attached hydrogen (secondary N) is 2. The Morgan fingerprint density at radius 1 is 0.911 bits per heavy atom. The monoisotopic (exact) mass is 626 g/mol. The molecule has 0 spiro atoms. The molecule has 2 amide bonds.